The minimum atomic E-state index is -0.238. The maximum atomic E-state index is 12.7. The van der Waals surface area contributed by atoms with Crippen molar-refractivity contribution >= 4 is 11.8 Å². The van der Waals surface area contributed by atoms with Gasteiger partial charge in [0.1, 0.15) is 0 Å². The number of nitrogens with zero attached hydrogens (tertiary/aromatic N) is 4. The second-order valence-electron chi connectivity index (χ2n) is 6.33. The van der Waals surface area contributed by atoms with Crippen LogP contribution >= 0.6 is 0 Å². The van der Waals surface area contributed by atoms with E-state index in [0.717, 1.165) is 32.2 Å². The van der Waals surface area contributed by atoms with Gasteiger partial charge in [-0.3, -0.25) is 9.59 Å². The van der Waals surface area contributed by atoms with E-state index in [1.54, 1.807) is 12.1 Å². The van der Waals surface area contributed by atoms with E-state index in [4.69, 9.17) is 0 Å². The highest BCUT2D eigenvalue weighted by Gasteiger charge is 2.45. The average Bonchev–Trinajstić information content (AvgIpc) is 2.59. The van der Waals surface area contributed by atoms with Crippen LogP contribution in [0.2, 0.25) is 0 Å². The first-order valence-corrected chi connectivity index (χ1v) is 8.14. The zero-order valence-corrected chi connectivity index (χ0v) is 13.3. The third kappa shape index (κ3) is 2.98. The molecule has 6 heteroatoms. The Labute approximate surface area is 136 Å². The molecule has 0 aliphatic carbocycles. The number of carbonyl (C=O) groups excluding carboxylic acids is 2. The van der Waals surface area contributed by atoms with Crippen molar-refractivity contribution in [1.29, 1.82) is 0 Å². The molecule has 3 rings (SSSR count). The van der Waals surface area contributed by atoms with Crippen LogP contribution in [-0.4, -0.2) is 57.0 Å². The van der Waals surface area contributed by atoms with E-state index in [0.29, 0.717) is 25.1 Å². The van der Waals surface area contributed by atoms with Gasteiger partial charge in [0.05, 0.1) is 23.5 Å². The second-order valence-corrected chi connectivity index (χ2v) is 6.33. The van der Waals surface area contributed by atoms with Gasteiger partial charge in [-0.1, -0.05) is 6.08 Å². The van der Waals surface area contributed by atoms with Gasteiger partial charge in [-0.25, -0.2) is 0 Å². The number of piperidine rings is 2. The highest BCUT2D eigenvalue weighted by molar-refractivity contribution is 5.94. The summed E-state index contributed by atoms with van der Waals surface area (Å²) in [7, 11) is 0. The summed E-state index contributed by atoms with van der Waals surface area (Å²) < 4.78 is 0. The highest BCUT2D eigenvalue weighted by atomic mass is 16.2. The molecule has 2 aliphatic heterocycles. The van der Waals surface area contributed by atoms with Crippen molar-refractivity contribution in [2.45, 2.75) is 37.6 Å². The van der Waals surface area contributed by atoms with Gasteiger partial charge in [0.15, 0.2) is 0 Å². The van der Waals surface area contributed by atoms with Crippen LogP contribution in [-0.2, 0) is 4.79 Å². The van der Waals surface area contributed by atoms with E-state index in [9.17, 15) is 9.59 Å². The summed E-state index contributed by atoms with van der Waals surface area (Å²) in [5.41, 5.74) is 0.312. The smallest absolute Gasteiger partial charge is 0.255 e. The number of hydrogen-bond acceptors (Lipinski definition) is 4. The van der Waals surface area contributed by atoms with Crippen molar-refractivity contribution in [1.82, 2.24) is 20.0 Å². The Morgan fingerprint density at radius 1 is 1.35 bits per heavy atom. The number of hydrogen-bond donors (Lipinski definition) is 0. The molecule has 2 saturated heterocycles. The molecule has 1 spiro atoms. The lowest BCUT2D eigenvalue weighted by atomic mass is 9.79. The van der Waals surface area contributed by atoms with Crippen LogP contribution in [0.5, 0.6) is 0 Å². The van der Waals surface area contributed by atoms with Crippen LogP contribution in [0.15, 0.2) is 31.1 Å². The fourth-order valence-electron chi connectivity index (χ4n) is 3.84. The van der Waals surface area contributed by atoms with Crippen molar-refractivity contribution in [3.05, 3.63) is 36.7 Å². The predicted molar refractivity (Wildman–Crippen MR) is 85.7 cm³/mol. The lowest BCUT2D eigenvalue weighted by Crippen LogP contribution is -2.63. The molecule has 2 aliphatic rings. The van der Waals surface area contributed by atoms with E-state index in [-0.39, 0.29) is 17.4 Å². The van der Waals surface area contributed by atoms with Gasteiger partial charge >= 0.3 is 0 Å². The number of amides is 2. The number of aromatic nitrogens is 2. The minimum absolute atomic E-state index is 0.0319. The van der Waals surface area contributed by atoms with Gasteiger partial charge in [0.2, 0.25) is 5.91 Å². The highest BCUT2D eigenvalue weighted by Crippen LogP contribution is 2.37. The fourth-order valence-corrected chi connectivity index (χ4v) is 3.84. The molecule has 1 aromatic rings. The summed E-state index contributed by atoms with van der Waals surface area (Å²) in [6, 6.07) is 1.68. The third-order valence-electron chi connectivity index (χ3n) is 4.89. The molecule has 23 heavy (non-hydrogen) atoms. The molecule has 1 atom stereocenters. The SMILES string of the molecule is C=CCN1C(=O)CCC[C@@]12CCCN(C(=O)c1ccnnc1)C2. The van der Waals surface area contributed by atoms with Crippen LogP contribution in [0.4, 0.5) is 0 Å². The first kappa shape index (κ1) is 15.6. The molecule has 1 aromatic heterocycles. The van der Waals surface area contributed by atoms with E-state index in [2.05, 4.69) is 16.8 Å². The molecule has 0 unspecified atom stereocenters. The normalized spacial score (nSPS) is 24.8. The zero-order valence-electron chi connectivity index (χ0n) is 13.3. The largest absolute Gasteiger partial charge is 0.336 e. The number of carbonyl (C=O) groups is 2. The fraction of sp³-hybridized carbons (Fsp3) is 0.529. The van der Waals surface area contributed by atoms with Crippen LogP contribution in [0, 0.1) is 0 Å². The Bertz CT molecular complexity index is 600. The van der Waals surface area contributed by atoms with Crippen LogP contribution in [0.1, 0.15) is 42.5 Å². The van der Waals surface area contributed by atoms with Gasteiger partial charge in [-0.05, 0) is 31.7 Å². The maximum Gasteiger partial charge on any atom is 0.255 e. The summed E-state index contributed by atoms with van der Waals surface area (Å²) in [4.78, 5) is 28.9. The molecule has 0 aromatic carbocycles. The first-order chi connectivity index (χ1) is 11.2. The Morgan fingerprint density at radius 2 is 2.17 bits per heavy atom. The molecule has 0 bridgehead atoms. The van der Waals surface area contributed by atoms with Crippen molar-refractivity contribution in [2.24, 2.45) is 0 Å². The summed E-state index contributed by atoms with van der Waals surface area (Å²) in [6.45, 7) is 5.64. The lowest BCUT2D eigenvalue weighted by molar-refractivity contribution is -0.143. The summed E-state index contributed by atoms with van der Waals surface area (Å²) >= 11 is 0. The average molecular weight is 314 g/mol. The number of rotatable bonds is 3. The monoisotopic (exact) mass is 314 g/mol. The first-order valence-electron chi connectivity index (χ1n) is 8.14. The Kier molecular flexibility index (Phi) is 4.41. The molecule has 2 amide bonds. The molecule has 0 radical (unpaired) electrons. The van der Waals surface area contributed by atoms with E-state index < -0.39 is 0 Å². The standard InChI is InChI=1S/C17H22N4O2/c1-2-10-21-15(22)5-3-7-17(21)8-4-11-20(13-17)16(23)14-6-9-18-19-12-14/h2,6,9,12H,1,3-5,7-8,10-11,13H2/t17-/m0/s1. The Hall–Kier alpha value is -2.24. The summed E-state index contributed by atoms with van der Waals surface area (Å²) in [6.07, 6.45) is 9.10. The Balaban J connectivity index is 1.82. The molecule has 122 valence electrons. The van der Waals surface area contributed by atoms with Crippen molar-refractivity contribution in [3.8, 4) is 0 Å². The van der Waals surface area contributed by atoms with E-state index in [1.807, 2.05) is 9.80 Å². The minimum Gasteiger partial charge on any atom is -0.336 e. The van der Waals surface area contributed by atoms with Gasteiger partial charge in [-0.2, -0.15) is 10.2 Å². The molecule has 0 N–H and O–H groups in total. The van der Waals surface area contributed by atoms with Gasteiger partial charge < -0.3 is 9.80 Å². The van der Waals surface area contributed by atoms with E-state index in [1.165, 1.54) is 12.4 Å². The molecule has 6 nitrogen and oxygen atoms in total. The van der Waals surface area contributed by atoms with Crippen LogP contribution in [0.3, 0.4) is 0 Å². The van der Waals surface area contributed by atoms with Crippen LogP contribution < -0.4 is 0 Å². The molecule has 0 saturated carbocycles. The van der Waals surface area contributed by atoms with Crippen molar-refractivity contribution in [2.75, 3.05) is 19.6 Å². The second kappa shape index (κ2) is 6.48. The number of likely N-dealkylation sites (tertiary alicyclic amines) is 2. The molecular formula is C17H22N4O2. The van der Waals surface area contributed by atoms with Crippen molar-refractivity contribution < 1.29 is 9.59 Å². The van der Waals surface area contributed by atoms with E-state index >= 15 is 0 Å². The Morgan fingerprint density at radius 3 is 2.91 bits per heavy atom. The zero-order chi connectivity index (χ0) is 16.3. The van der Waals surface area contributed by atoms with Gasteiger partial charge in [-0.15, -0.1) is 6.58 Å². The maximum absolute atomic E-state index is 12.7. The quantitative estimate of drug-likeness (QED) is 0.796. The predicted octanol–water partition coefficient (Wildman–Crippen LogP) is 1.65. The molecule has 2 fully saturated rings. The topological polar surface area (TPSA) is 66.4 Å². The lowest BCUT2D eigenvalue weighted by Gasteiger charge is -2.51. The van der Waals surface area contributed by atoms with Gasteiger partial charge in [0, 0.05) is 26.1 Å². The summed E-state index contributed by atoms with van der Waals surface area (Å²) in [5, 5.41) is 7.50. The molecular weight excluding hydrogens is 292 g/mol. The van der Waals surface area contributed by atoms with Crippen molar-refractivity contribution in [3.63, 3.8) is 0 Å². The molecule has 3 heterocycles. The summed E-state index contributed by atoms with van der Waals surface area (Å²) in [5.74, 6) is 0.145. The van der Waals surface area contributed by atoms with Crippen LogP contribution in [0.25, 0.3) is 0 Å². The third-order valence-corrected chi connectivity index (χ3v) is 4.89. The van der Waals surface area contributed by atoms with Gasteiger partial charge in [0.25, 0.3) is 5.91 Å².